The summed E-state index contributed by atoms with van der Waals surface area (Å²) in [5.41, 5.74) is 10.8. The van der Waals surface area contributed by atoms with Crippen molar-refractivity contribution in [3.63, 3.8) is 0 Å². The zero-order valence-corrected chi connectivity index (χ0v) is 11.8. The Labute approximate surface area is 124 Å². The summed E-state index contributed by atoms with van der Waals surface area (Å²) in [6.45, 7) is 1.49. The lowest BCUT2D eigenvalue weighted by atomic mass is 10.1. The van der Waals surface area contributed by atoms with Crippen LogP contribution in [0, 0.1) is 18.6 Å². The smallest absolute Gasteiger partial charge is 0.250 e. The first-order valence-electron chi connectivity index (χ1n) is 5.91. The van der Waals surface area contributed by atoms with E-state index in [1.54, 1.807) is 0 Å². The van der Waals surface area contributed by atoms with Crippen molar-refractivity contribution in [3.8, 4) is 0 Å². The molecule has 0 aromatic heterocycles. The summed E-state index contributed by atoms with van der Waals surface area (Å²) in [5.74, 6) is -2.42. The van der Waals surface area contributed by atoms with Crippen molar-refractivity contribution in [3.05, 3.63) is 52.0 Å². The van der Waals surface area contributed by atoms with Crippen molar-refractivity contribution in [2.75, 3.05) is 11.1 Å². The van der Waals surface area contributed by atoms with Crippen LogP contribution in [0.1, 0.15) is 15.9 Å². The van der Waals surface area contributed by atoms with E-state index in [0.717, 1.165) is 6.07 Å². The number of carbonyl (C=O) groups excluding carboxylic acids is 1. The zero-order chi connectivity index (χ0) is 15.7. The van der Waals surface area contributed by atoms with Gasteiger partial charge in [-0.2, -0.15) is 0 Å². The number of amides is 1. The van der Waals surface area contributed by atoms with Crippen molar-refractivity contribution >= 4 is 34.6 Å². The van der Waals surface area contributed by atoms with Gasteiger partial charge in [0.05, 0.1) is 16.3 Å². The number of hydrogen-bond acceptors (Lipinski definition) is 3. The maximum atomic E-state index is 14.0. The van der Waals surface area contributed by atoms with Gasteiger partial charge in [-0.1, -0.05) is 17.7 Å². The molecule has 0 unspecified atom stereocenters. The predicted octanol–water partition coefficient (Wildman–Crippen LogP) is 3.35. The first-order valence-corrected chi connectivity index (χ1v) is 6.29. The van der Waals surface area contributed by atoms with Crippen LogP contribution in [0.2, 0.25) is 5.02 Å². The van der Waals surface area contributed by atoms with Crippen LogP contribution in [-0.2, 0) is 0 Å². The molecule has 5 N–H and O–H groups in total. The zero-order valence-electron chi connectivity index (χ0n) is 11.0. The third kappa shape index (κ3) is 2.90. The number of anilines is 3. The number of nitrogen functional groups attached to an aromatic ring is 1. The summed E-state index contributed by atoms with van der Waals surface area (Å²) in [5, 5.41) is 2.52. The second kappa shape index (κ2) is 5.57. The second-order valence-corrected chi connectivity index (χ2v) is 4.88. The minimum atomic E-state index is -0.819. The van der Waals surface area contributed by atoms with Crippen LogP contribution in [0.3, 0.4) is 0 Å². The van der Waals surface area contributed by atoms with Gasteiger partial charge in [-0.3, -0.25) is 4.79 Å². The number of nitrogens with two attached hydrogens (primary N) is 2. The molecule has 2 aromatic rings. The SMILES string of the molecule is Cc1ccc(F)c(Nc2c(Cl)cc(N)cc2C(N)=O)c1F. The van der Waals surface area contributed by atoms with Crippen LogP contribution in [0.5, 0.6) is 0 Å². The van der Waals surface area contributed by atoms with Crippen molar-refractivity contribution in [1.29, 1.82) is 0 Å². The van der Waals surface area contributed by atoms with E-state index in [2.05, 4.69) is 5.32 Å². The number of carbonyl (C=O) groups is 1. The van der Waals surface area contributed by atoms with E-state index in [1.807, 2.05) is 0 Å². The molecule has 0 saturated carbocycles. The fourth-order valence-corrected chi connectivity index (χ4v) is 2.12. The Hall–Kier alpha value is -2.34. The number of aryl methyl sites for hydroxylation is 1. The Kier molecular flexibility index (Phi) is 3.99. The normalized spacial score (nSPS) is 10.5. The first-order chi connectivity index (χ1) is 9.81. The monoisotopic (exact) mass is 311 g/mol. The van der Waals surface area contributed by atoms with Crippen LogP contribution in [0.15, 0.2) is 24.3 Å². The van der Waals surface area contributed by atoms with E-state index >= 15 is 0 Å². The molecular weight excluding hydrogens is 300 g/mol. The van der Waals surface area contributed by atoms with Gasteiger partial charge in [0.15, 0.2) is 5.82 Å². The van der Waals surface area contributed by atoms with Crippen LogP contribution < -0.4 is 16.8 Å². The number of halogens is 3. The molecule has 0 atom stereocenters. The molecule has 2 aromatic carbocycles. The number of nitrogens with one attached hydrogen (secondary N) is 1. The van der Waals surface area contributed by atoms with Crippen molar-refractivity contribution in [2.45, 2.75) is 6.92 Å². The largest absolute Gasteiger partial charge is 0.399 e. The quantitative estimate of drug-likeness (QED) is 0.760. The molecule has 2 rings (SSSR count). The van der Waals surface area contributed by atoms with Crippen molar-refractivity contribution in [2.24, 2.45) is 5.73 Å². The Morgan fingerprint density at radius 2 is 1.90 bits per heavy atom. The molecule has 0 aliphatic carbocycles. The molecular formula is C14H12ClF2N3O. The maximum Gasteiger partial charge on any atom is 0.250 e. The van der Waals surface area contributed by atoms with Gasteiger partial charge in [-0.25, -0.2) is 8.78 Å². The molecule has 0 heterocycles. The summed E-state index contributed by atoms with van der Waals surface area (Å²) in [6.07, 6.45) is 0. The molecule has 0 aliphatic heterocycles. The highest BCUT2D eigenvalue weighted by Crippen LogP contribution is 2.34. The molecule has 4 nitrogen and oxygen atoms in total. The fourth-order valence-electron chi connectivity index (χ4n) is 1.85. The van der Waals surface area contributed by atoms with Crippen LogP contribution in [-0.4, -0.2) is 5.91 Å². The predicted molar refractivity (Wildman–Crippen MR) is 78.8 cm³/mol. The average molecular weight is 312 g/mol. The van der Waals surface area contributed by atoms with Gasteiger partial charge < -0.3 is 16.8 Å². The lowest BCUT2D eigenvalue weighted by Crippen LogP contribution is -2.15. The van der Waals surface area contributed by atoms with Gasteiger partial charge in [0.1, 0.15) is 11.5 Å². The number of primary amides is 1. The van der Waals surface area contributed by atoms with E-state index in [4.69, 9.17) is 23.1 Å². The minimum absolute atomic E-state index is 0.00164. The summed E-state index contributed by atoms with van der Waals surface area (Å²) in [7, 11) is 0. The lowest BCUT2D eigenvalue weighted by molar-refractivity contribution is 0.100. The van der Waals surface area contributed by atoms with E-state index in [-0.39, 0.29) is 27.5 Å². The number of rotatable bonds is 3. The molecule has 0 radical (unpaired) electrons. The topological polar surface area (TPSA) is 81.1 Å². The van der Waals surface area contributed by atoms with Gasteiger partial charge in [0.2, 0.25) is 0 Å². The molecule has 0 fully saturated rings. The fraction of sp³-hybridized carbons (Fsp3) is 0.0714. The maximum absolute atomic E-state index is 14.0. The van der Waals surface area contributed by atoms with Crippen molar-refractivity contribution < 1.29 is 13.6 Å². The van der Waals surface area contributed by atoms with Crippen LogP contribution in [0.4, 0.5) is 25.8 Å². The molecule has 0 spiro atoms. The Morgan fingerprint density at radius 1 is 1.24 bits per heavy atom. The number of benzene rings is 2. The third-order valence-corrected chi connectivity index (χ3v) is 3.21. The molecule has 110 valence electrons. The van der Waals surface area contributed by atoms with Crippen molar-refractivity contribution in [1.82, 2.24) is 0 Å². The van der Waals surface area contributed by atoms with Crippen LogP contribution >= 0.6 is 11.6 Å². The lowest BCUT2D eigenvalue weighted by Gasteiger charge is -2.15. The Bertz CT molecular complexity index is 735. The summed E-state index contributed by atoms with van der Waals surface area (Å²) in [6, 6.07) is 5.04. The third-order valence-electron chi connectivity index (χ3n) is 2.91. The highest BCUT2D eigenvalue weighted by Gasteiger charge is 2.18. The summed E-state index contributed by atoms with van der Waals surface area (Å²) < 4.78 is 27.8. The molecule has 21 heavy (non-hydrogen) atoms. The Morgan fingerprint density at radius 3 is 2.52 bits per heavy atom. The van der Waals surface area contributed by atoms with Gasteiger partial charge in [-0.05, 0) is 30.7 Å². The highest BCUT2D eigenvalue weighted by molar-refractivity contribution is 6.34. The standard InChI is InChI=1S/C14H12ClF2N3O/c1-6-2-3-10(16)13(11(6)17)20-12-8(14(19)21)4-7(18)5-9(12)15/h2-5,20H,18H2,1H3,(H2,19,21). The highest BCUT2D eigenvalue weighted by atomic mass is 35.5. The molecule has 7 heteroatoms. The summed E-state index contributed by atoms with van der Waals surface area (Å²) in [4.78, 5) is 11.4. The summed E-state index contributed by atoms with van der Waals surface area (Å²) >= 11 is 5.98. The Balaban J connectivity index is 2.60. The van der Waals surface area contributed by atoms with Gasteiger partial charge >= 0.3 is 0 Å². The van der Waals surface area contributed by atoms with Crippen LogP contribution in [0.25, 0.3) is 0 Å². The molecule has 1 amide bonds. The first kappa shape index (κ1) is 15.1. The van der Waals surface area contributed by atoms with Gasteiger partial charge in [0.25, 0.3) is 5.91 Å². The minimum Gasteiger partial charge on any atom is -0.399 e. The van der Waals surface area contributed by atoms with E-state index in [1.165, 1.54) is 25.1 Å². The molecule has 0 aliphatic rings. The van der Waals surface area contributed by atoms with Gasteiger partial charge in [-0.15, -0.1) is 0 Å². The second-order valence-electron chi connectivity index (χ2n) is 4.47. The van der Waals surface area contributed by atoms with E-state index in [0.29, 0.717) is 0 Å². The van der Waals surface area contributed by atoms with Gasteiger partial charge in [0, 0.05) is 5.69 Å². The average Bonchev–Trinajstić information content (AvgIpc) is 2.40. The molecule has 0 saturated heterocycles. The molecule has 0 bridgehead atoms. The van der Waals surface area contributed by atoms with E-state index in [9.17, 15) is 13.6 Å². The van der Waals surface area contributed by atoms with E-state index < -0.39 is 23.2 Å². The number of hydrogen-bond donors (Lipinski definition) is 3.